The SMILES string of the molecule is CCCC[C@](C)(CNC(=O)c1cnn(C)c1)Nc1nc(NCc2ccc(OC)cc2OC)nc2cc(B(O)O)cnc12. The van der Waals surface area contributed by atoms with Crippen molar-refractivity contribution in [1.29, 1.82) is 0 Å². The summed E-state index contributed by atoms with van der Waals surface area (Å²) in [6, 6.07) is 7.08. The maximum absolute atomic E-state index is 12.8. The van der Waals surface area contributed by atoms with E-state index in [9.17, 15) is 14.8 Å². The van der Waals surface area contributed by atoms with Crippen LogP contribution in [0.2, 0.25) is 0 Å². The van der Waals surface area contributed by atoms with E-state index in [1.54, 1.807) is 44.3 Å². The lowest BCUT2D eigenvalue weighted by molar-refractivity contribution is 0.0945. The van der Waals surface area contributed by atoms with Crippen molar-refractivity contribution in [3.8, 4) is 11.5 Å². The number of anilines is 2. The van der Waals surface area contributed by atoms with E-state index in [1.165, 1.54) is 12.4 Å². The third-order valence-electron chi connectivity index (χ3n) is 6.89. The van der Waals surface area contributed by atoms with Gasteiger partial charge in [-0.05, 0) is 31.5 Å². The van der Waals surface area contributed by atoms with Crippen LogP contribution < -0.4 is 30.9 Å². The lowest BCUT2D eigenvalue weighted by Crippen LogP contribution is -2.46. The second kappa shape index (κ2) is 13.5. The summed E-state index contributed by atoms with van der Waals surface area (Å²) in [7, 11) is 3.23. The molecular formula is C28H37BN8O5. The molecule has 0 aliphatic rings. The summed E-state index contributed by atoms with van der Waals surface area (Å²) in [5, 5.41) is 33.3. The van der Waals surface area contributed by atoms with Crippen LogP contribution in [0.4, 0.5) is 11.8 Å². The van der Waals surface area contributed by atoms with Gasteiger partial charge in [-0.15, -0.1) is 0 Å². The van der Waals surface area contributed by atoms with Gasteiger partial charge in [0.1, 0.15) is 17.0 Å². The molecule has 42 heavy (non-hydrogen) atoms. The van der Waals surface area contributed by atoms with E-state index < -0.39 is 12.7 Å². The molecule has 222 valence electrons. The Balaban J connectivity index is 1.65. The van der Waals surface area contributed by atoms with Crippen LogP contribution >= 0.6 is 0 Å². The van der Waals surface area contributed by atoms with Crippen LogP contribution in [0.5, 0.6) is 11.5 Å². The Labute approximate surface area is 244 Å². The number of pyridine rings is 1. The van der Waals surface area contributed by atoms with E-state index in [0.29, 0.717) is 53.0 Å². The standard InChI is InChI=1S/C28H37BN8O5/c1-6-7-10-28(2,17-32-26(38)19-14-33-37(3)16-19)36-25-24-22(11-20(15-30-24)29(39)40)34-27(35-25)31-13-18-8-9-21(41-4)12-23(18)42-5/h8-9,11-12,14-16,39-40H,6-7,10,13,17H2,1-5H3,(H,32,38)(H2,31,34,35,36)/t28-/m1/s1. The first-order chi connectivity index (χ1) is 20.1. The summed E-state index contributed by atoms with van der Waals surface area (Å²) in [4.78, 5) is 26.6. The van der Waals surface area contributed by atoms with Crippen molar-refractivity contribution in [2.75, 3.05) is 31.4 Å². The van der Waals surface area contributed by atoms with Crippen LogP contribution in [-0.2, 0) is 13.6 Å². The predicted molar refractivity (Wildman–Crippen MR) is 161 cm³/mol. The molecule has 0 radical (unpaired) electrons. The Bertz CT molecular complexity index is 1530. The normalized spacial score (nSPS) is 12.5. The van der Waals surface area contributed by atoms with Crippen LogP contribution in [0.3, 0.4) is 0 Å². The van der Waals surface area contributed by atoms with Crippen LogP contribution in [0.25, 0.3) is 11.0 Å². The van der Waals surface area contributed by atoms with Gasteiger partial charge in [-0.3, -0.25) is 14.5 Å². The Morgan fingerprint density at radius 3 is 2.62 bits per heavy atom. The average molecular weight is 576 g/mol. The molecule has 1 amide bonds. The molecule has 3 aromatic heterocycles. The van der Waals surface area contributed by atoms with Gasteiger partial charge in [0, 0.05) is 49.6 Å². The van der Waals surface area contributed by atoms with Gasteiger partial charge in [0.2, 0.25) is 5.95 Å². The number of unbranched alkanes of at least 4 members (excludes halogenated alkanes) is 1. The quantitative estimate of drug-likeness (QED) is 0.139. The van der Waals surface area contributed by atoms with Gasteiger partial charge in [-0.25, -0.2) is 4.98 Å². The van der Waals surface area contributed by atoms with Gasteiger partial charge >= 0.3 is 7.12 Å². The van der Waals surface area contributed by atoms with Gasteiger partial charge in [0.25, 0.3) is 5.91 Å². The maximum atomic E-state index is 12.8. The summed E-state index contributed by atoms with van der Waals surface area (Å²) in [5.74, 6) is 1.83. The largest absolute Gasteiger partial charge is 0.497 e. The molecule has 14 heteroatoms. The molecule has 0 aliphatic heterocycles. The molecule has 0 saturated heterocycles. The zero-order valence-electron chi connectivity index (χ0n) is 24.5. The highest BCUT2D eigenvalue weighted by atomic mass is 16.5. The summed E-state index contributed by atoms with van der Waals surface area (Å²) in [6.45, 7) is 4.78. The highest BCUT2D eigenvalue weighted by molar-refractivity contribution is 6.58. The zero-order valence-corrected chi connectivity index (χ0v) is 24.5. The molecule has 0 fully saturated rings. The third-order valence-corrected chi connectivity index (χ3v) is 6.89. The number of carbonyl (C=O) groups excluding carboxylic acids is 1. The number of methoxy groups -OCH3 is 2. The molecule has 1 atom stereocenters. The first kappa shape index (κ1) is 30.5. The van der Waals surface area contributed by atoms with Gasteiger partial charge in [-0.1, -0.05) is 19.8 Å². The zero-order chi connectivity index (χ0) is 30.3. The summed E-state index contributed by atoms with van der Waals surface area (Å²) in [5.41, 5.74) is 1.81. The molecule has 4 aromatic rings. The van der Waals surface area contributed by atoms with Gasteiger partial charge in [-0.2, -0.15) is 10.1 Å². The van der Waals surface area contributed by atoms with Crippen molar-refractivity contribution < 1.29 is 24.3 Å². The number of nitrogens with one attached hydrogen (secondary N) is 3. The molecule has 3 heterocycles. The second-order valence-electron chi connectivity index (χ2n) is 10.3. The minimum absolute atomic E-state index is 0.201. The fourth-order valence-corrected chi connectivity index (χ4v) is 4.48. The number of hydrogen-bond donors (Lipinski definition) is 5. The number of amides is 1. The molecule has 5 N–H and O–H groups in total. The van der Waals surface area contributed by atoms with Crippen LogP contribution in [0.1, 0.15) is 49.0 Å². The average Bonchev–Trinajstić information content (AvgIpc) is 3.43. The van der Waals surface area contributed by atoms with Crippen molar-refractivity contribution in [3.63, 3.8) is 0 Å². The highest BCUT2D eigenvalue weighted by Crippen LogP contribution is 2.28. The Hall–Kier alpha value is -4.43. The Morgan fingerprint density at radius 1 is 1.14 bits per heavy atom. The van der Waals surface area contributed by atoms with E-state index in [-0.39, 0.29) is 11.4 Å². The highest BCUT2D eigenvalue weighted by Gasteiger charge is 2.27. The molecule has 13 nitrogen and oxygen atoms in total. The lowest BCUT2D eigenvalue weighted by atomic mass is 9.81. The number of hydrogen-bond acceptors (Lipinski definition) is 11. The van der Waals surface area contributed by atoms with Crippen LogP contribution in [-0.4, -0.2) is 74.1 Å². The van der Waals surface area contributed by atoms with E-state index in [2.05, 4.69) is 37.9 Å². The number of carbonyl (C=O) groups is 1. The fourth-order valence-electron chi connectivity index (χ4n) is 4.48. The van der Waals surface area contributed by atoms with Crippen molar-refractivity contribution in [3.05, 3.63) is 54.0 Å². The van der Waals surface area contributed by atoms with Crippen LogP contribution in [0, 0.1) is 0 Å². The number of rotatable bonds is 14. The Kier molecular flexibility index (Phi) is 9.81. The molecule has 1 aromatic carbocycles. The molecule has 0 spiro atoms. The molecule has 4 rings (SSSR count). The summed E-state index contributed by atoms with van der Waals surface area (Å²) < 4.78 is 12.4. The lowest BCUT2D eigenvalue weighted by Gasteiger charge is -2.32. The molecule has 0 unspecified atom stereocenters. The Morgan fingerprint density at radius 2 is 1.95 bits per heavy atom. The van der Waals surface area contributed by atoms with E-state index >= 15 is 0 Å². The number of aryl methyl sites for hydroxylation is 1. The summed E-state index contributed by atoms with van der Waals surface area (Å²) >= 11 is 0. The third kappa shape index (κ3) is 7.45. The number of benzene rings is 1. The molecule has 0 aliphatic carbocycles. The van der Waals surface area contributed by atoms with Crippen molar-refractivity contribution in [2.24, 2.45) is 7.05 Å². The molecular weight excluding hydrogens is 539 g/mol. The number of fused-ring (bicyclic) bond motifs is 1. The van der Waals surface area contributed by atoms with E-state index in [1.807, 2.05) is 19.1 Å². The number of nitrogens with zero attached hydrogens (tertiary/aromatic N) is 5. The fraction of sp³-hybridized carbons (Fsp3) is 0.393. The topological polar surface area (TPSA) is 169 Å². The van der Waals surface area contributed by atoms with Gasteiger partial charge < -0.3 is 35.5 Å². The smallest absolute Gasteiger partial charge is 0.490 e. The van der Waals surface area contributed by atoms with Gasteiger partial charge in [0.15, 0.2) is 5.82 Å². The monoisotopic (exact) mass is 576 g/mol. The minimum atomic E-state index is -1.70. The van der Waals surface area contributed by atoms with Crippen LogP contribution in [0.15, 0.2) is 42.9 Å². The minimum Gasteiger partial charge on any atom is -0.497 e. The predicted octanol–water partition coefficient (Wildman–Crippen LogP) is 1.86. The van der Waals surface area contributed by atoms with Crippen molar-refractivity contribution >= 4 is 41.3 Å². The van der Waals surface area contributed by atoms with Gasteiger partial charge in [0.05, 0.1) is 37.0 Å². The first-order valence-corrected chi connectivity index (χ1v) is 13.7. The van der Waals surface area contributed by atoms with Crippen molar-refractivity contribution in [1.82, 2.24) is 30.0 Å². The maximum Gasteiger partial charge on any atom is 0.490 e. The second-order valence-corrected chi connectivity index (χ2v) is 10.3. The molecule has 0 bridgehead atoms. The first-order valence-electron chi connectivity index (χ1n) is 13.7. The number of ether oxygens (including phenoxy) is 2. The summed E-state index contributed by atoms with van der Waals surface area (Å²) in [6.07, 6.45) is 7.18. The van der Waals surface area contributed by atoms with E-state index in [0.717, 1.165) is 24.8 Å². The van der Waals surface area contributed by atoms with E-state index in [4.69, 9.17) is 14.5 Å². The molecule has 0 saturated carbocycles. The van der Waals surface area contributed by atoms with Crippen molar-refractivity contribution in [2.45, 2.75) is 45.2 Å². The number of aromatic nitrogens is 5.